The zero-order valence-corrected chi connectivity index (χ0v) is 10.2. The number of carbonyl (C=O) groups excluding carboxylic acids is 1. The van der Waals surface area contributed by atoms with Crippen LogP contribution in [0, 0.1) is 0 Å². The first-order valence-electron chi connectivity index (χ1n) is 4.95. The first-order valence-corrected chi connectivity index (χ1v) is 6.49. The second kappa shape index (κ2) is 5.21. The first kappa shape index (κ1) is 13.5. The highest BCUT2D eigenvalue weighted by molar-refractivity contribution is 7.92. The number of aliphatic imine (C=N–C) groups is 1. The van der Waals surface area contributed by atoms with Gasteiger partial charge in [-0.3, -0.25) is 0 Å². The molecule has 0 aliphatic rings. The van der Waals surface area contributed by atoms with E-state index in [1.54, 1.807) is 0 Å². The van der Waals surface area contributed by atoms with Crippen LogP contribution in [0.3, 0.4) is 0 Å². The Morgan fingerprint density at radius 3 is 2.41 bits per heavy atom. The van der Waals surface area contributed by atoms with E-state index < -0.39 is 21.4 Å². The zero-order chi connectivity index (χ0) is 13.1. The van der Waals surface area contributed by atoms with Gasteiger partial charge in [-0.1, -0.05) is 18.2 Å². The Hall–Kier alpha value is -1.52. The molecule has 0 aliphatic heterocycles. The Morgan fingerprint density at radius 2 is 1.88 bits per heavy atom. The maximum Gasteiger partial charge on any atom is 0.238 e. The van der Waals surface area contributed by atoms with Gasteiger partial charge in [0.15, 0.2) is 9.84 Å². The molecule has 0 heterocycles. The fourth-order valence-electron chi connectivity index (χ4n) is 1.31. The molecule has 0 aromatic heterocycles. The van der Waals surface area contributed by atoms with E-state index in [0.29, 0.717) is 0 Å². The second-order valence-electron chi connectivity index (χ2n) is 3.69. The van der Waals surface area contributed by atoms with E-state index in [0.717, 1.165) is 6.08 Å². The third-order valence-electron chi connectivity index (χ3n) is 2.27. The number of nitrogens with zero attached hydrogens (tertiary/aromatic N) is 1. The number of hydrogen-bond acceptors (Lipinski definition) is 4. The SMILES string of the molecule is CC(C)S(=O)(=O)c1ccccc1C(F)N=C=O. The van der Waals surface area contributed by atoms with E-state index in [2.05, 4.69) is 4.99 Å². The number of benzene rings is 1. The Morgan fingerprint density at radius 1 is 1.29 bits per heavy atom. The van der Waals surface area contributed by atoms with E-state index in [1.165, 1.54) is 38.1 Å². The van der Waals surface area contributed by atoms with Crippen LogP contribution in [0.1, 0.15) is 25.7 Å². The van der Waals surface area contributed by atoms with Crippen LogP contribution in [-0.2, 0) is 14.6 Å². The van der Waals surface area contributed by atoms with Crippen molar-refractivity contribution in [1.29, 1.82) is 0 Å². The summed E-state index contributed by atoms with van der Waals surface area (Å²) in [6.45, 7) is 3.00. The number of sulfone groups is 1. The molecule has 1 aromatic rings. The van der Waals surface area contributed by atoms with E-state index in [-0.39, 0.29) is 10.5 Å². The lowest BCUT2D eigenvalue weighted by Crippen LogP contribution is -2.16. The summed E-state index contributed by atoms with van der Waals surface area (Å²) < 4.78 is 37.4. The molecule has 0 N–H and O–H groups in total. The number of isocyanates is 1. The summed E-state index contributed by atoms with van der Waals surface area (Å²) in [6, 6.07) is 5.58. The number of rotatable bonds is 4. The number of alkyl halides is 1. The van der Waals surface area contributed by atoms with Gasteiger partial charge in [-0.25, -0.2) is 17.6 Å². The minimum absolute atomic E-state index is 0.135. The Labute approximate surface area is 99.1 Å². The molecular formula is C11H12FNO3S. The van der Waals surface area contributed by atoms with Gasteiger partial charge in [0.05, 0.1) is 10.1 Å². The van der Waals surface area contributed by atoms with Crippen molar-refractivity contribution in [2.75, 3.05) is 0 Å². The lowest BCUT2D eigenvalue weighted by molar-refractivity contribution is 0.351. The van der Waals surface area contributed by atoms with Crippen LogP contribution >= 0.6 is 0 Å². The fraction of sp³-hybridized carbons (Fsp3) is 0.364. The highest BCUT2D eigenvalue weighted by Crippen LogP contribution is 2.28. The van der Waals surface area contributed by atoms with Gasteiger partial charge in [0, 0.05) is 5.56 Å². The van der Waals surface area contributed by atoms with Gasteiger partial charge in [0.25, 0.3) is 0 Å². The van der Waals surface area contributed by atoms with Crippen molar-refractivity contribution in [3.63, 3.8) is 0 Å². The van der Waals surface area contributed by atoms with Crippen molar-refractivity contribution < 1.29 is 17.6 Å². The van der Waals surface area contributed by atoms with Crippen LogP contribution in [-0.4, -0.2) is 19.7 Å². The lowest BCUT2D eigenvalue weighted by Gasteiger charge is -2.12. The van der Waals surface area contributed by atoms with Crippen LogP contribution < -0.4 is 0 Å². The van der Waals surface area contributed by atoms with Gasteiger partial charge in [0.2, 0.25) is 12.4 Å². The monoisotopic (exact) mass is 257 g/mol. The quantitative estimate of drug-likeness (QED) is 0.471. The highest BCUT2D eigenvalue weighted by atomic mass is 32.2. The number of hydrogen-bond donors (Lipinski definition) is 0. The molecule has 0 amide bonds. The van der Waals surface area contributed by atoms with Crippen LogP contribution in [0.5, 0.6) is 0 Å². The van der Waals surface area contributed by atoms with Gasteiger partial charge in [-0.2, -0.15) is 4.99 Å². The van der Waals surface area contributed by atoms with E-state index in [4.69, 9.17) is 0 Å². The maximum atomic E-state index is 13.5. The number of halogens is 1. The van der Waals surface area contributed by atoms with E-state index >= 15 is 0 Å². The summed E-state index contributed by atoms with van der Waals surface area (Å²) >= 11 is 0. The largest absolute Gasteiger partial charge is 0.238 e. The smallest absolute Gasteiger partial charge is 0.223 e. The third-order valence-corrected chi connectivity index (χ3v) is 4.49. The molecule has 0 aliphatic carbocycles. The molecular weight excluding hydrogens is 245 g/mol. The first-order chi connectivity index (χ1) is 7.91. The average molecular weight is 257 g/mol. The predicted molar refractivity (Wildman–Crippen MR) is 60.7 cm³/mol. The van der Waals surface area contributed by atoms with E-state index in [1.807, 2.05) is 0 Å². The van der Waals surface area contributed by atoms with Crippen molar-refractivity contribution in [1.82, 2.24) is 0 Å². The third kappa shape index (κ3) is 2.78. The van der Waals surface area contributed by atoms with Gasteiger partial charge in [-0.15, -0.1) is 0 Å². The summed E-state index contributed by atoms with van der Waals surface area (Å²) in [7, 11) is -3.60. The Balaban J connectivity index is 3.41. The molecule has 0 radical (unpaired) electrons. The topological polar surface area (TPSA) is 63.6 Å². The van der Waals surface area contributed by atoms with Crippen molar-refractivity contribution in [2.45, 2.75) is 30.3 Å². The molecule has 0 fully saturated rings. The van der Waals surface area contributed by atoms with E-state index in [9.17, 15) is 17.6 Å². The molecule has 1 atom stereocenters. The van der Waals surface area contributed by atoms with Crippen LogP contribution in [0.4, 0.5) is 4.39 Å². The standard InChI is InChI=1S/C11H12FNO3S/c1-8(2)17(15,16)10-6-4-3-5-9(10)11(12)13-7-14/h3-6,8,11H,1-2H3. The molecule has 17 heavy (non-hydrogen) atoms. The normalized spacial score (nSPS) is 13.2. The van der Waals surface area contributed by atoms with Gasteiger partial charge >= 0.3 is 0 Å². The molecule has 0 saturated carbocycles. The Bertz CT molecular complexity index is 548. The molecule has 92 valence electrons. The minimum atomic E-state index is -3.60. The summed E-state index contributed by atoms with van der Waals surface area (Å²) in [6.07, 6.45) is -0.924. The highest BCUT2D eigenvalue weighted by Gasteiger charge is 2.25. The van der Waals surface area contributed by atoms with Crippen LogP contribution in [0.25, 0.3) is 0 Å². The van der Waals surface area contributed by atoms with Crippen molar-refractivity contribution in [3.8, 4) is 0 Å². The molecule has 1 aromatic carbocycles. The van der Waals surface area contributed by atoms with Crippen LogP contribution in [0.15, 0.2) is 34.2 Å². The van der Waals surface area contributed by atoms with Crippen molar-refractivity contribution in [3.05, 3.63) is 29.8 Å². The molecule has 4 nitrogen and oxygen atoms in total. The molecule has 0 saturated heterocycles. The lowest BCUT2D eigenvalue weighted by atomic mass is 10.2. The molecule has 1 rings (SSSR count). The minimum Gasteiger partial charge on any atom is -0.223 e. The van der Waals surface area contributed by atoms with Crippen LogP contribution in [0.2, 0.25) is 0 Å². The van der Waals surface area contributed by atoms with Crippen molar-refractivity contribution >= 4 is 15.9 Å². The van der Waals surface area contributed by atoms with Crippen molar-refractivity contribution in [2.24, 2.45) is 4.99 Å². The van der Waals surface area contributed by atoms with Gasteiger partial charge in [-0.05, 0) is 19.9 Å². The Kier molecular flexibility index (Phi) is 4.15. The van der Waals surface area contributed by atoms with Gasteiger partial charge in [0.1, 0.15) is 0 Å². The average Bonchev–Trinajstić information content (AvgIpc) is 2.29. The van der Waals surface area contributed by atoms with Gasteiger partial charge < -0.3 is 0 Å². The molecule has 1 unspecified atom stereocenters. The molecule has 6 heteroatoms. The molecule has 0 spiro atoms. The zero-order valence-electron chi connectivity index (χ0n) is 9.42. The summed E-state index contributed by atoms with van der Waals surface area (Å²) in [5.74, 6) is 0. The summed E-state index contributed by atoms with van der Waals surface area (Å²) in [4.78, 5) is 12.8. The fourth-order valence-corrected chi connectivity index (χ4v) is 2.58. The maximum absolute atomic E-state index is 13.5. The second-order valence-corrected chi connectivity index (χ2v) is 6.16. The summed E-state index contributed by atoms with van der Waals surface area (Å²) in [5.41, 5.74) is -0.135. The molecule has 0 bridgehead atoms. The summed E-state index contributed by atoms with van der Waals surface area (Å²) in [5, 5.41) is -0.670. The predicted octanol–water partition coefficient (Wildman–Crippen LogP) is 2.17.